The van der Waals surface area contributed by atoms with E-state index < -0.39 is 0 Å². The Hall–Kier alpha value is -2.36. The fourth-order valence-corrected chi connectivity index (χ4v) is 3.00. The molecule has 22 heavy (non-hydrogen) atoms. The van der Waals surface area contributed by atoms with Gasteiger partial charge < -0.3 is 9.88 Å². The van der Waals surface area contributed by atoms with E-state index in [0.717, 1.165) is 12.8 Å². The van der Waals surface area contributed by atoms with Gasteiger partial charge in [0.25, 0.3) is 11.5 Å². The van der Waals surface area contributed by atoms with Gasteiger partial charge in [0, 0.05) is 36.8 Å². The molecule has 1 heterocycles. The number of pyridine rings is 1. The first-order valence-electron chi connectivity index (χ1n) is 7.61. The van der Waals surface area contributed by atoms with Gasteiger partial charge in [0.15, 0.2) is 0 Å². The van der Waals surface area contributed by atoms with Crippen LogP contribution in [0.25, 0.3) is 0 Å². The molecule has 0 unspecified atom stereocenters. The van der Waals surface area contributed by atoms with Crippen LogP contribution in [0.2, 0.25) is 0 Å². The lowest BCUT2D eigenvalue weighted by molar-refractivity contribution is 0.0927. The fraction of sp³-hybridized carbons (Fsp3) is 0.333. The van der Waals surface area contributed by atoms with E-state index in [1.807, 2.05) is 18.2 Å². The van der Waals surface area contributed by atoms with E-state index in [1.165, 1.54) is 22.6 Å². The normalized spacial score (nSPS) is 15.9. The third kappa shape index (κ3) is 2.69. The lowest BCUT2D eigenvalue weighted by Gasteiger charge is -2.42. The number of amides is 1. The molecule has 0 bridgehead atoms. The van der Waals surface area contributed by atoms with Crippen molar-refractivity contribution in [3.63, 3.8) is 0 Å². The molecule has 0 aliphatic heterocycles. The number of rotatable bonds is 4. The van der Waals surface area contributed by atoms with Crippen molar-refractivity contribution < 1.29 is 4.79 Å². The second-order valence-corrected chi connectivity index (χ2v) is 6.05. The van der Waals surface area contributed by atoms with Gasteiger partial charge in [0.05, 0.1) is 0 Å². The van der Waals surface area contributed by atoms with Crippen LogP contribution < -0.4 is 10.9 Å². The Labute approximate surface area is 129 Å². The van der Waals surface area contributed by atoms with Crippen LogP contribution in [0, 0.1) is 0 Å². The fourth-order valence-electron chi connectivity index (χ4n) is 3.00. The van der Waals surface area contributed by atoms with Crippen LogP contribution in [0.15, 0.2) is 53.5 Å². The minimum Gasteiger partial charge on any atom is -0.351 e. The zero-order chi connectivity index (χ0) is 15.6. The maximum atomic E-state index is 12.3. The Balaban J connectivity index is 1.72. The van der Waals surface area contributed by atoms with E-state index in [-0.39, 0.29) is 16.9 Å². The molecule has 1 saturated carbocycles. The Morgan fingerprint density at radius 2 is 1.95 bits per heavy atom. The Morgan fingerprint density at radius 1 is 1.23 bits per heavy atom. The molecule has 0 spiro atoms. The average molecular weight is 296 g/mol. The predicted octanol–water partition coefficient (Wildman–Crippen LogP) is 2.24. The molecule has 3 rings (SSSR count). The lowest BCUT2D eigenvalue weighted by Crippen LogP contribution is -2.45. The Morgan fingerprint density at radius 3 is 2.55 bits per heavy atom. The summed E-state index contributed by atoms with van der Waals surface area (Å²) >= 11 is 0. The zero-order valence-electron chi connectivity index (χ0n) is 12.7. The standard InChI is InChI=1S/C18H20N2O2/c1-20-11-8-14(12-16(20)21)17(22)19-13-18(9-5-10-18)15-6-3-2-4-7-15/h2-4,6-8,11-12H,5,9-10,13H2,1H3,(H,19,22). The summed E-state index contributed by atoms with van der Waals surface area (Å²) in [6, 6.07) is 13.4. The Bertz CT molecular complexity index is 730. The van der Waals surface area contributed by atoms with Crippen LogP contribution in [0.3, 0.4) is 0 Å². The van der Waals surface area contributed by atoms with E-state index >= 15 is 0 Å². The second-order valence-electron chi connectivity index (χ2n) is 6.05. The monoisotopic (exact) mass is 296 g/mol. The topological polar surface area (TPSA) is 51.1 Å². The number of benzene rings is 1. The molecule has 0 saturated heterocycles. The van der Waals surface area contributed by atoms with E-state index in [0.29, 0.717) is 12.1 Å². The molecule has 2 aromatic rings. The largest absolute Gasteiger partial charge is 0.351 e. The Kier molecular flexibility index (Phi) is 3.84. The minimum atomic E-state index is -0.181. The molecule has 0 atom stereocenters. The van der Waals surface area contributed by atoms with Gasteiger partial charge in [-0.3, -0.25) is 9.59 Å². The van der Waals surface area contributed by atoms with Gasteiger partial charge in [-0.25, -0.2) is 0 Å². The molecular formula is C18H20N2O2. The highest BCUT2D eigenvalue weighted by Crippen LogP contribution is 2.43. The van der Waals surface area contributed by atoms with E-state index in [2.05, 4.69) is 17.4 Å². The van der Waals surface area contributed by atoms with Crippen molar-refractivity contribution in [3.8, 4) is 0 Å². The molecule has 4 nitrogen and oxygen atoms in total. The highest BCUT2D eigenvalue weighted by Gasteiger charge is 2.38. The molecule has 114 valence electrons. The molecule has 4 heteroatoms. The average Bonchev–Trinajstić information content (AvgIpc) is 2.50. The maximum Gasteiger partial charge on any atom is 0.251 e. The van der Waals surface area contributed by atoms with Crippen molar-refractivity contribution in [2.75, 3.05) is 6.54 Å². The van der Waals surface area contributed by atoms with Gasteiger partial charge in [-0.05, 0) is 24.5 Å². The van der Waals surface area contributed by atoms with Crippen molar-refractivity contribution >= 4 is 5.91 Å². The van der Waals surface area contributed by atoms with Gasteiger partial charge in [-0.1, -0.05) is 36.8 Å². The molecule has 1 N–H and O–H groups in total. The number of carbonyl (C=O) groups excluding carboxylic acids is 1. The highest BCUT2D eigenvalue weighted by molar-refractivity contribution is 5.94. The van der Waals surface area contributed by atoms with Crippen molar-refractivity contribution in [2.24, 2.45) is 7.05 Å². The number of aryl methyl sites for hydroxylation is 1. The van der Waals surface area contributed by atoms with Gasteiger partial charge in [-0.2, -0.15) is 0 Å². The van der Waals surface area contributed by atoms with Gasteiger partial charge in [0.1, 0.15) is 0 Å². The third-order valence-corrected chi connectivity index (χ3v) is 4.65. The highest BCUT2D eigenvalue weighted by atomic mass is 16.2. The molecule has 1 aliphatic carbocycles. The van der Waals surface area contributed by atoms with Gasteiger partial charge in [-0.15, -0.1) is 0 Å². The van der Waals surface area contributed by atoms with Crippen molar-refractivity contribution in [3.05, 3.63) is 70.1 Å². The smallest absolute Gasteiger partial charge is 0.251 e. The number of nitrogens with zero attached hydrogens (tertiary/aromatic N) is 1. The van der Waals surface area contributed by atoms with Crippen molar-refractivity contribution in [2.45, 2.75) is 24.7 Å². The molecular weight excluding hydrogens is 276 g/mol. The van der Waals surface area contributed by atoms with Crippen LogP contribution in [0.1, 0.15) is 35.2 Å². The lowest BCUT2D eigenvalue weighted by atomic mass is 9.64. The predicted molar refractivity (Wildman–Crippen MR) is 86.0 cm³/mol. The summed E-state index contributed by atoms with van der Waals surface area (Å²) in [7, 11) is 1.67. The zero-order valence-corrected chi connectivity index (χ0v) is 12.7. The molecule has 1 aromatic heterocycles. The van der Waals surface area contributed by atoms with E-state index in [4.69, 9.17) is 0 Å². The number of nitrogens with one attached hydrogen (secondary N) is 1. The van der Waals surface area contributed by atoms with Crippen LogP contribution in [0.5, 0.6) is 0 Å². The quantitative estimate of drug-likeness (QED) is 0.940. The number of hydrogen-bond donors (Lipinski definition) is 1. The van der Waals surface area contributed by atoms with Crippen LogP contribution >= 0.6 is 0 Å². The van der Waals surface area contributed by atoms with Crippen molar-refractivity contribution in [1.29, 1.82) is 0 Å². The van der Waals surface area contributed by atoms with E-state index in [1.54, 1.807) is 19.3 Å². The van der Waals surface area contributed by atoms with Gasteiger partial charge in [0.2, 0.25) is 0 Å². The van der Waals surface area contributed by atoms with Crippen molar-refractivity contribution in [1.82, 2.24) is 9.88 Å². The summed E-state index contributed by atoms with van der Waals surface area (Å²) in [6.07, 6.45) is 4.99. The summed E-state index contributed by atoms with van der Waals surface area (Å²) in [5.41, 5.74) is 1.58. The first kappa shape index (κ1) is 14.6. The number of aromatic nitrogens is 1. The summed E-state index contributed by atoms with van der Waals surface area (Å²) in [4.78, 5) is 23.9. The first-order valence-corrected chi connectivity index (χ1v) is 7.61. The van der Waals surface area contributed by atoms with Crippen LogP contribution in [-0.2, 0) is 12.5 Å². The van der Waals surface area contributed by atoms with Crippen LogP contribution in [-0.4, -0.2) is 17.0 Å². The molecule has 1 amide bonds. The third-order valence-electron chi connectivity index (χ3n) is 4.65. The molecule has 1 aromatic carbocycles. The van der Waals surface area contributed by atoms with Crippen LogP contribution in [0.4, 0.5) is 0 Å². The first-order chi connectivity index (χ1) is 10.6. The summed E-state index contributed by atoms with van der Waals surface area (Å²) in [5.74, 6) is -0.181. The number of carbonyl (C=O) groups is 1. The summed E-state index contributed by atoms with van der Waals surface area (Å²) < 4.78 is 1.45. The SMILES string of the molecule is Cn1ccc(C(=O)NCC2(c3ccccc3)CCC2)cc1=O. The summed E-state index contributed by atoms with van der Waals surface area (Å²) in [5, 5.41) is 3.00. The molecule has 1 aliphatic rings. The number of hydrogen-bond acceptors (Lipinski definition) is 2. The minimum absolute atomic E-state index is 0.0522. The second kappa shape index (κ2) is 5.79. The molecule has 0 radical (unpaired) electrons. The maximum absolute atomic E-state index is 12.3. The van der Waals surface area contributed by atoms with E-state index in [9.17, 15) is 9.59 Å². The van der Waals surface area contributed by atoms with Gasteiger partial charge >= 0.3 is 0 Å². The molecule has 1 fully saturated rings. The summed E-state index contributed by atoms with van der Waals surface area (Å²) in [6.45, 7) is 0.616.